The number of phenols is 1. The van der Waals surface area contributed by atoms with Crippen LogP contribution in [0.1, 0.15) is 116 Å². The number of halogens is 11. The third-order valence-electron chi connectivity index (χ3n) is 10.8. The number of hydrogen-bond acceptors (Lipinski definition) is 6. The first-order chi connectivity index (χ1) is 35.5. The molecule has 6 aromatic carbocycles. The van der Waals surface area contributed by atoms with Gasteiger partial charge in [-0.1, -0.05) is 109 Å². The molecule has 0 saturated heterocycles. The maximum Gasteiger partial charge on any atom is 0.394 e. The first-order valence-electron chi connectivity index (χ1n) is 24.3. The van der Waals surface area contributed by atoms with Crippen LogP contribution < -0.4 is 23.7 Å². The Morgan fingerprint density at radius 3 is 1.19 bits per heavy atom. The predicted molar refractivity (Wildman–Crippen MR) is 304 cm³/mol. The number of rotatable bonds is 18. The van der Waals surface area contributed by atoms with Gasteiger partial charge in [0.25, 0.3) is 0 Å². The van der Waals surface area contributed by atoms with E-state index in [1.807, 2.05) is 18.2 Å². The van der Waals surface area contributed by atoms with E-state index in [1.54, 1.807) is 104 Å². The normalized spacial score (nSPS) is 14.1. The van der Waals surface area contributed by atoms with Crippen molar-refractivity contribution in [1.82, 2.24) is 9.44 Å². The number of nitrogens with one attached hydrogen (secondary N) is 2. The zero-order valence-corrected chi connectivity index (χ0v) is 49.6. The highest BCUT2D eigenvalue weighted by Crippen LogP contribution is 2.41. The Morgan fingerprint density at radius 2 is 0.873 bits per heavy atom. The fraction of sp³-hybridized carbons (Fsp3) is 0.379. The van der Waals surface area contributed by atoms with Gasteiger partial charge in [0, 0.05) is 29.9 Å². The zero-order chi connectivity index (χ0) is 57.9. The van der Waals surface area contributed by atoms with Gasteiger partial charge in [-0.3, -0.25) is 9.41 Å². The van der Waals surface area contributed by atoms with Gasteiger partial charge in [-0.25, -0.2) is 35.4 Å². The van der Waals surface area contributed by atoms with Gasteiger partial charge in [-0.2, -0.15) is 17.6 Å². The van der Waals surface area contributed by atoms with Crippen LogP contribution in [0.3, 0.4) is 0 Å². The number of alkyl halides is 5. The van der Waals surface area contributed by atoms with Crippen molar-refractivity contribution in [1.29, 1.82) is 0 Å². The van der Waals surface area contributed by atoms with Crippen molar-refractivity contribution in [2.75, 3.05) is 0 Å². The SMILES string of the molecule is CC(C)I.CC(C)Oc1ccc([C@@](Cc2ccccc2)(N[S@](=O)C(C)(C)C)c2cc(F)cc(OC(C)(F)F)c2)cc1F.CC(F)(F)Oc1cc(F)cc([C@](Cc2ccccc2)(N[S@](=O)C(C)(C)C)c2ccc(O)c(F)c2)c1.F.F. The van der Waals surface area contributed by atoms with Crippen LogP contribution in [-0.4, -0.2) is 45.3 Å². The van der Waals surface area contributed by atoms with E-state index in [2.05, 4.69) is 50.6 Å². The van der Waals surface area contributed by atoms with Crippen molar-refractivity contribution in [3.8, 4) is 23.0 Å². The molecule has 0 spiro atoms. The quantitative estimate of drug-likeness (QED) is 0.0450. The minimum atomic E-state index is -3.58. The third kappa shape index (κ3) is 21.3. The van der Waals surface area contributed by atoms with Crippen molar-refractivity contribution in [3.05, 3.63) is 190 Å². The van der Waals surface area contributed by atoms with E-state index < -0.39 is 95.3 Å². The van der Waals surface area contributed by atoms with E-state index in [4.69, 9.17) is 9.47 Å². The summed E-state index contributed by atoms with van der Waals surface area (Å²) in [5.74, 6) is -4.80. The van der Waals surface area contributed by atoms with Gasteiger partial charge in [-0.05, 0) is 150 Å². The average molecular weight is 1270 g/mol. The standard InChI is InChI=1S/C29H33F4NO3S.C26H27F4NO3S.C3H7I.2FH/c1-19(2)36-26-13-12-21(16-25(26)31)29(34-38(35)27(3,4)5,18-20-10-8-7-9-11-20)22-14-23(30)17-24(15-22)37-28(6,32)33;1-24(2,3)35(33)31-26(16-17-8-6-5-7-9-17,18-10-11-23(32)22(28)14-18)19-12-20(27)15-21(13-19)34-25(4,29)30;1-3(2)4;;/h7-17,19,34H,18H2,1-6H3;5-15,31-32H,16H2,1-4H3;3H,1-2H3;2*1H/t29-,38-;26-,35-;;;/m11.../s1. The van der Waals surface area contributed by atoms with Gasteiger partial charge in [0.05, 0.1) is 48.6 Å². The van der Waals surface area contributed by atoms with E-state index in [0.717, 1.165) is 45.9 Å². The van der Waals surface area contributed by atoms with Crippen molar-refractivity contribution < 1.29 is 72.3 Å². The molecule has 6 rings (SSSR count). The summed E-state index contributed by atoms with van der Waals surface area (Å²) in [5.41, 5.74) is -0.884. The van der Waals surface area contributed by atoms with E-state index in [1.165, 1.54) is 30.3 Å². The molecule has 0 radical (unpaired) electrons. The summed E-state index contributed by atoms with van der Waals surface area (Å²) in [4.78, 5) is 0. The van der Waals surface area contributed by atoms with Gasteiger partial charge in [0.2, 0.25) is 0 Å². The van der Waals surface area contributed by atoms with E-state index in [9.17, 15) is 44.3 Å². The number of phenolic OH excluding ortho intramolecular Hbond substituents is 1. The molecule has 0 amide bonds. The molecule has 0 aliphatic carbocycles. The van der Waals surface area contributed by atoms with E-state index in [-0.39, 0.29) is 50.8 Å². The molecule has 21 heteroatoms. The maximum atomic E-state index is 15.3. The van der Waals surface area contributed by atoms with Crippen LogP contribution >= 0.6 is 22.6 Å². The molecule has 0 heterocycles. The second kappa shape index (κ2) is 29.0. The molecule has 0 bridgehead atoms. The third-order valence-corrected chi connectivity index (χ3v) is 14.1. The average Bonchev–Trinajstić information content (AvgIpc) is 3.28. The minimum Gasteiger partial charge on any atom is -0.505 e. The molecule has 4 atom stereocenters. The van der Waals surface area contributed by atoms with Gasteiger partial charge in [0.1, 0.15) is 23.1 Å². The molecule has 0 aliphatic rings. The van der Waals surface area contributed by atoms with Gasteiger partial charge in [-0.15, -0.1) is 0 Å². The zero-order valence-electron chi connectivity index (χ0n) is 45.8. The second-order valence-electron chi connectivity index (χ2n) is 20.8. The Labute approximate surface area is 475 Å². The highest BCUT2D eigenvalue weighted by molar-refractivity contribution is 14.1. The summed E-state index contributed by atoms with van der Waals surface area (Å²) in [7, 11) is -3.52. The summed E-state index contributed by atoms with van der Waals surface area (Å²) in [5, 5.41) is 9.78. The van der Waals surface area contributed by atoms with Crippen molar-refractivity contribution >= 4 is 44.6 Å². The Balaban J connectivity index is 0.000000495. The minimum absolute atomic E-state index is 0. The summed E-state index contributed by atoms with van der Waals surface area (Å²) in [6, 6.07) is 32.2. The van der Waals surface area contributed by atoms with Crippen LogP contribution in [-0.2, 0) is 45.9 Å². The largest absolute Gasteiger partial charge is 0.505 e. The monoisotopic (exact) mass is 1270 g/mol. The van der Waals surface area contributed by atoms with Gasteiger partial charge in [0.15, 0.2) is 23.1 Å². The molecular formula is C58H69F10IN2O6S2. The number of aromatic hydroxyl groups is 1. The summed E-state index contributed by atoms with van der Waals surface area (Å²) in [6.07, 6.45) is -7.30. The van der Waals surface area contributed by atoms with Crippen molar-refractivity contribution in [2.24, 2.45) is 0 Å². The van der Waals surface area contributed by atoms with E-state index in [0.29, 0.717) is 25.0 Å². The summed E-state index contributed by atoms with van der Waals surface area (Å²) in [6.45, 7) is 19.3. The second-order valence-corrected chi connectivity index (χ2v) is 27.2. The van der Waals surface area contributed by atoms with Crippen LogP contribution in [0.2, 0.25) is 0 Å². The fourth-order valence-corrected chi connectivity index (χ4v) is 9.38. The molecular weight excluding hydrogens is 1200 g/mol. The Kier molecular flexibility index (Phi) is 25.6. The molecule has 0 aromatic heterocycles. The summed E-state index contributed by atoms with van der Waals surface area (Å²) < 4.78 is 161. The molecule has 8 nitrogen and oxygen atoms in total. The van der Waals surface area contributed by atoms with Crippen LogP contribution in [0, 0.1) is 23.3 Å². The Bertz CT molecular complexity index is 2940. The lowest BCUT2D eigenvalue weighted by Gasteiger charge is -2.38. The van der Waals surface area contributed by atoms with Crippen LogP contribution in [0.4, 0.5) is 44.5 Å². The molecule has 0 unspecified atom stereocenters. The summed E-state index contributed by atoms with van der Waals surface area (Å²) >= 11 is 2.34. The first kappa shape index (κ1) is 69.9. The first-order valence-corrected chi connectivity index (χ1v) is 27.9. The topological polar surface area (TPSA) is 106 Å². The molecule has 6 aromatic rings. The van der Waals surface area contributed by atoms with Crippen LogP contribution in [0.15, 0.2) is 133 Å². The van der Waals surface area contributed by atoms with Gasteiger partial charge < -0.3 is 19.3 Å². The van der Waals surface area contributed by atoms with Gasteiger partial charge >= 0.3 is 12.2 Å². The van der Waals surface area contributed by atoms with Crippen LogP contribution in [0.25, 0.3) is 0 Å². The fourth-order valence-electron chi connectivity index (χ4n) is 7.51. The molecule has 0 fully saturated rings. The highest BCUT2D eigenvalue weighted by atomic mass is 127. The number of ether oxygens (including phenoxy) is 3. The lowest BCUT2D eigenvalue weighted by atomic mass is 9.78. The maximum absolute atomic E-state index is 15.3. The number of hydrogen-bond donors (Lipinski definition) is 3. The predicted octanol–water partition coefficient (Wildman–Crippen LogP) is 15.6. The molecule has 3 N–H and O–H groups in total. The molecule has 0 saturated carbocycles. The molecule has 79 heavy (non-hydrogen) atoms. The highest BCUT2D eigenvalue weighted by Gasteiger charge is 2.42. The Hall–Kier alpha value is -5.23. The Morgan fingerprint density at radius 1 is 0.519 bits per heavy atom. The lowest BCUT2D eigenvalue weighted by Crippen LogP contribution is -2.50. The lowest BCUT2D eigenvalue weighted by molar-refractivity contribution is -0.160. The van der Waals surface area contributed by atoms with Crippen molar-refractivity contribution in [2.45, 2.75) is 139 Å². The van der Waals surface area contributed by atoms with E-state index >= 15 is 4.39 Å². The van der Waals surface area contributed by atoms with Crippen LogP contribution in [0.5, 0.6) is 23.0 Å². The molecule has 436 valence electrons. The van der Waals surface area contributed by atoms with Crippen molar-refractivity contribution in [3.63, 3.8) is 0 Å². The smallest absolute Gasteiger partial charge is 0.394 e. The molecule has 0 aliphatic heterocycles. The number of benzene rings is 6.